The van der Waals surface area contributed by atoms with Crippen LogP contribution in [0.1, 0.15) is 16.1 Å². The van der Waals surface area contributed by atoms with E-state index in [-0.39, 0.29) is 5.91 Å². The molecule has 5 heteroatoms. The molecule has 0 saturated carbocycles. The molecule has 0 spiro atoms. The van der Waals surface area contributed by atoms with Crippen molar-refractivity contribution in [2.24, 2.45) is 0 Å². The Kier molecular flexibility index (Phi) is 3.52. The van der Waals surface area contributed by atoms with Crippen LogP contribution in [0.15, 0.2) is 36.7 Å². The minimum atomic E-state index is -0.181. The normalized spacial score (nSPS) is 9.89. The minimum absolute atomic E-state index is 0.181. The Morgan fingerprint density at radius 1 is 1.22 bits per heavy atom. The van der Waals surface area contributed by atoms with Gasteiger partial charge in [-0.15, -0.1) is 0 Å². The lowest BCUT2D eigenvalue weighted by atomic mass is 10.2. The van der Waals surface area contributed by atoms with E-state index in [4.69, 9.17) is 0 Å². The maximum atomic E-state index is 12.0. The number of rotatable bonds is 3. The second kappa shape index (κ2) is 5.27. The molecule has 0 radical (unpaired) electrons. The highest BCUT2D eigenvalue weighted by Gasteiger charge is 2.07. The molecule has 5 nitrogen and oxygen atoms in total. The molecule has 1 amide bonds. The Morgan fingerprint density at radius 3 is 2.72 bits per heavy atom. The number of carbonyl (C=O) groups excluding carboxylic acids is 1. The van der Waals surface area contributed by atoms with Crippen molar-refractivity contribution in [2.75, 3.05) is 17.7 Å². The zero-order valence-corrected chi connectivity index (χ0v) is 10.3. The largest absolute Gasteiger partial charge is 0.373 e. The monoisotopic (exact) mass is 242 g/mol. The van der Waals surface area contributed by atoms with Gasteiger partial charge in [-0.25, -0.2) is 4.98 Å². The molecular formula is C13H14N4O. The van der Waals surface area contributed by atoms with Gasteiger partial charge < -0.3 is 10.6 Å². The molecule has 2 N–H and O–H groups in total. The van der Waals surface area contributed by atoms with Gasteiger partial charge >= 0.3 is 0 Å². The Bertz CT molecular complexity index is 551. The Labute approximate surface area is 105 Å². The third-order valence-electron chi connectivity index (χ3n) is 2.45. The van der Waals surface area contributed by atoms with Gasteiger partial charge in [0.2, 0.25) is 0 Å². The summed E-state index contributed by atoms with van der Waals surface area (Å²) in [7, 11) is 1.76. The first-order valence-corrected chi connectivity index (χ1v) is 5.57. The van der Waals surface area contributed by atoms with Crippen LogP contribution in [0.25, 0.3) is 0 Å². The zero-order valence-electron chi connectivity index (χ0n) is 10.3. The van der Waals surface area contributed by atoms with E-state index in [1.54, 1.807) is 31.6 Å². The van der Waals surface area contributed by atoms with Crippen LogP contribution in [0.5, 0.6) is 0 Å². The van der Waals surface area contributed by atoms with E-state index < -0.39 is 0 Å². The van der Waals surface area contributed by atoms with Gasteiger partial charge in [-0.05, 0) is 31.2 Å². The number of hydrogen-bond donors (Lipinski definition) is 2. The summed E-state index contributed by atoms with van der Waals surface area (Å²) >= 11 is 0. The van der Waals surface area contributed by atoms with E-state index in [1.165, 1.54) is 0 Å². The molecule has 2 aromatic heterocycles. The van der Waals surface area contributed by atoms with Crippen molar-refractivity contribution < 1.29 is 4.79 Å². The number of aryl methyl sites for hydroxylation is 1. The van der Waals surface area contributed by atoms with Gasteiger partial charge in [0, 0.05) is 24.5 Å². The lowest BCUT2D eigenvalue weighted by molar-refractivity contribution is 0.102. The first-order valence-electron chi connectivity index (χ1n) is 5.57. The van der Waals surface area contributed by atoms with E-state index >= 15 is 0 Å². The predicted molar refractivity (Wildman–Crippen MR) is 70.7 cm³/mol. The molecule has 18 heavy (non-hydrogen) atoms. The summed E-state index contributed by atoms with van der Waals surface area (Å²) in [6.45, 7) is 1.90. The number of pyridine rings is 2. The highest BCUT2D eigenvalue weighted by molar-refractivity contribution is 6.04. The van der Waals surface area contributed by atoms with Crippen molar-refractivity contribution in [1.82, 2.24) is 9.97 Å². The van der Waals surface area contributed by atoms with Crippen molar-refractivity contribution in [1.29, 1.82) is 0 Å². The number of carbonyl (C=O) groups is 1. The first-order chi connectivity index (χ1) is 8.69. The maximum absolute atomic E-state index is 12.0. The fourth-order valence-electron chi connectivity index (χ4n) is 1.45. The Balaban J connectivity index is 2.14. The molecule has 0 aliphatic rings. The van der Waals surface area contributed by atoms with E-state index in [2.05, 4.69) is 20.6 Å². The lowest BCUT2D eigenvalue weighted by Gasteiger charge is -2.06. The van der Waals surface area contributed by atoms with Gasteiger partial charge in [-0.1, -0.05) is 0 Å². The quantitative estimate of drug-likeness (QED) is 0.864. The third-order valence-corrected chi connectivity index (χ3v) is 2.45. The summed E-state index contributed by atoms with van der Waals surface area (Å²) in [5, 5.41) is 5.67. The molecule has 2 heterocycles. The van der Waals surface area contributed by atoms with Gasteiger partial charge in [0.05, 0.1) is 11.9 Å². The minimum Gasteiger partial charge on any atom is -0.373 e. The second-order valence-electron chi connectivity index (χ2n) is 3.82. The molecule has 0 unspecified atom stereocenters. The molecule has 2 aromatic rings. The first kappa shape index (κ1) is 12.0. The van der Waals surface area contributed by atoms with Crippen molar-refractivity contribution in [3.05, 3.63) is 47.9 Å². The Morgan fingerprint density at radius 2 is 2.06 bits per heavy atom. The van der Waals surface area contributed by atoms with Crippen LogP contribution >= 0.6 is 0 Å². The Hall–Kier alpha value is -2.43. The molecule has 0 bridgehead atoms. The lowest BCUT2D eigenvalue weighted by Crippen LogP contribution is -2.12. The molecular weight excluding hydrogens is 228 g/mol. The van der Waals surface area contributed by atoms with Gasteiger partial charge in [0.25, 0.3) is 5.91 Å². The van der Waals surface area contributed by atoms with Crippen LogP contribution in [0.2, 0.25) is 0 Å². The van der Waals surface area contributed by atoms with Crippen molar-refractivity contribution in [3.8, 4) is 0 Å². The van der Waals surface area contributed by atoms with Crippen LogP contribution in [0.3, 0.4) is 0 Å². The fourth-order valence-corrected chi connectivity index (χ4v) is 1.45. The summed E-state index contributed by atoms with van der Waals surface area (Å²) in [4.78, 5) is 20.1. The molecule has 0 saturated heterocycles. The molecule has 0 fully saturated rings. The standard InChI is InChI=1S/C13H14N4O/c1-9-3-4-11(8-16-9)17-13(18)10-5-6-15-12(7-10)14-2/h3-8H,1-2H3,(H,14,15)(H,17,18). The number of hydrogen-bond acceptors (Lipinski definition) is 4. The molecule has 0 atom stereocenters. The summed E-state index contributed by atoms with van der Waals surface area (Å²) in [6.07, 6.45) is 3.22. The average molecular weight is 242 g/mol. The average Bonchev–Trinajstić information content (AvgIpc) is 2.41. The summed E-state index contributed by atoms with van der Waals surface area (Å²) < 4.78 is 0. The van der Waals surface area contributed by atoms with Crippen LogP contribution in [0.4, 0.5) is 11.5 Å². The summed E-state index contributed by atoms with van der Waals surface area (Å²) in [5.74, 6) is 0.476. The number of aromatic nitrogens is 2. The number of nitrogens with one attached hydrogen (secondary N) is 2. The molecule has 0 aliphatic carbocycles. The van der Waals surface area contributed by atoms with Gasteiger partial charge in [0.15, 0.2) is 0 Å². The van der Waals surface area contributed by atoms with Crippen LogP contribution in [-0.4, -0.2) is 22.9 Å². The molecule has 92 valence electrons. The van der Waals surface area contributed by atoms with Crippen molar-refractivity contribution in [3.63, 3.8) is 0 Å². The van der Waals surface area contributed by atoms with Gasteiger partial charge in [-0.2, -0.15) is 0 Å². The van der Waals surface area contributed by atoms with E-state index in [9.17, 15) is 4.79 Å². The van der Waals surface area contributed by atoms with Crippen molar-refractivity contribution in [2.45, 2.75) is 6.92 Å². The molecule has 2 rings (SSSR count). The molecule has 0 aliphatic heterocycles. The van der Waals surface area contributed by atoms with Crippen LogP contribution in [-0.2, 0) is 0 Å². The zero-order chi connectivity index (χ0) is 13.0. The predicted octanol–water partition coefficient (Wildman–Crippen LogP) is 2.08. The molecule has 0 aromatic carbocycles. The van der Waals surface area contributed by atoms with Gasteiger partial charge in [0.1, 0.15) is 5.82 Å². The van der Waals surface area contributed by atoms with E-state index in [1.807, 2.05) is 19.1 Å². The fraction of sp³-hybridized carbons (Fsp3) is 0.154. The smallest absolute Gasteiger partial charge is 0.255 e. The van der Waals surface area contributed by atoms with E-state index in [0.717, 1.165) is 5.69 Å². The third kappa shape index (κ3) is 2.82. The number of anilines is 2. The topological polar surface area (TPSA) is 66.9 Å². The van der Waals surface area contributed by atoms with Gasteiger partial charge in [-0.3, -0.25) is 9.78 Å². The van der Waals surface area contributed by atoms with Crippen LogP contribution in [0, 0.1) is 6.92 Å². The summed E-state index contributed by atoms with van der Waals surface area (Å²) in [5.41, 5.74) is 2.14. The van der Waals surface area contributed by atoms with E-state index in [0.29, 0.717) is 17.1 Å². The highest BCUT2D eigenvalue weighted by atomic mass is 16.1. The number of nitrogens with zero attached hydrogens (tertiary/aromatic N) is 2. The summed E-state index contributed by atoms with van der Waals surface area (Å²) in [6, 6.07) is 7.02. The SMILES string of the molecule is CNc1cc(C(=O)Nc2ccc(C)nc2)ccn1. The maximum Gasteiger partial charge on any atom is 0.255 e. The second-order valence-corrected chi connectivity index (χ2v) is 3.82. The van der Waals surface area contributed by atoms with Crippen molar-refractivity contribution >= 4 is 17.4 Å². The number of amides is 1. The van der Waals surface area contributed by atoms with Crippen LogP contribution < -0.4 is 10.6 Å². The highest BCUT2D eigenvalue weighted by Crippen LogP contribution is 2.10.